The molecule has 0 aromatic heterocycles. The van der Waals surface area contributed by atoms with Crippen LogP contribution in [0.15, 0.2) is 12.1 Å². The summed E-state index contributed by atoms with van der Waals surface area (Å²) < 4.78 is 12.9. The minimum absolute atomic E-state index is 0.222. The third kappa shape index (κ3) is 2.19. The number of alkyl halides is 1. The largest absolute Gasteiger partial charge is 0.478 e. The van der Waals surface area contributed by atoms with Crippen molar-refractivity contribution >= 4 is 33.5 Å². The maximum Gasteiger partial charge on any atom is 0.338 e. The average Bonchev–Trinajstić information content (AvgIpc) is 2.03. The van der Waals surface area contributed by atoms with Crippen molar-refractivity contribution < 1.29 is 14.3 Å². The first-order valence-corrected chi connectivity index (χ1v) is 4.83. The van der Waals surface area contributed by atoms with Gasteiger partial charge >= 0.3 is 5.97 Å². The summed E-state index contributed by atoms with van der Waals surface area (Å²) in [6, 6.07) is 2.22. The lowest BCUT2D eigenvalue weighted by Gasteiger charge is -2.02. The van der Waals surface area contributed by atoms with Gasteiger partial charge in [0, 0.05) is 10.4 Å². The van der Waals surface area contributed by atoms with Gasteiger partial charge in [-0.05, 0) is 17.7 Å². The lowest BCUT2D eigenvalue weighted by molar-refractivity contribution is 0.0692. The molecule has 0 amide bonds. The highest BCUT2D eigenvalue weighted by Crippen LogP contribution is 2.22. The zero-order valence-electron chi connectivity index (χ0n) is 6.35. The number of hydrogen-bond donors (Lipinski definition) is 1. The molecule has 0 aliphatic carbocycles. The molecule has 0 aliphatic heterocycles. The van der Waals surface area contributed by atoms with Crippen LogP contribution in [0, 0.1) is 5.82 Å². The fourth-order valence-electron chi connectivity index (χ4n) is 0.860. The molecule has 0 atom stereocenters. The van der Waals surface area contributed by atoms with Crippen LogP contribution < -0.4 is 0 Å². The zero-order valence-corrected chi connectivity index (χ0v) is 8.69. The SMILES string of the molecule is O=C(O)c1cc(CBr)c(Cl)cc1F. The summed E-state index contributed by atoms with van der Waals surface area (Å²) in [4.78, 5) is 10.5. The molecular formula is C8H5BrClFO2. The van der Waals surface area contributed by atoms with E-state index in [4.69, 9.17) is 16.7 Å². The maximum absolute atomic E-state index is 12.9. The van der Waals surface area contributed by atoms with Gasteiger partial charge in [-0.15, -0.1) is 0 Å². The summed E-state index contributed by atoms with van der Waals surface area (Å²) in [5, 5.41) is 9.19. The second-order valence-electron chi connectivity index (χ2n) is 2.36. The Balaban J connectivity index is 3.30. The lowest BCUT2D eigenvalue weighted by atomic mass is 10.1. The second-order valence-corrected chi connectivity index (χ2v) is 3.33. The first-order chi connectivity index (χ1) is 6.06. The number of aromatic carboxylic acids is 1. The summed E-state index contributed by atoms with van der Waals surface area (Å²) in [5.74, 6) is -2.11. The molecule has 0 radical (unpaired) electrons. The van der Waals surface area contributed by atoms with Gasteiger partial charge in [0.25, 0.3) is 0 Å². The van der Waals surface area contributed by atoms with E-state index in [9.17, 15) is 9.18 Å². The molecule has 1 aromatic rings. The van der Waals surface area contributed by atoms with Crippen LogP contribution in [0.3, 0.4) is 0 Å². The standard InChI is InChI=1S/C8H5BrClFO2/c9-3-4-1-5(8(12)13)7(11)2-6(4)10/h1-2H,3H2,(H,12,13). The van der Waals surface area contributed by atoms with Gasteiger partial charge in [0.05, 0.1) is 5.56 Å². The quantitative estimate of drug-likeness (QED) is 0.836. The second kappa shape index (κ2) is 4.07. The summed E-state index contributed by atoms with van der Waals surface area (Å²) in [6.07, 6.45) is 0. The van der Waals surface area contributed by atoms with Gasteiger partial charge in [-0.2, -0.15) is 0 Å². The Kier molecular flexibility index (Phi) is 3.27. The van der Waals surface area contributed by atoms with Crippen LogP contribution >= 0.6 is 27.5 Å². The molecule has 0 saturated carbocycles. The molecule has 0 fully saturated rings. The van der Waals surface area contributed by atoms with E-state index in [1.807, 2.05) is 0 Å². The smallest absolute Gasteiger partial charge is 0.338 e. The summed E-state index contributed by atoms with van der Waals surface area (Å²) >= 11 is 8.76. The van der Waals surface area contributed by atoms with Gasteiger partial charge in [0.1, 0.15) is 5.82 Å². The van der Waals surface area contributed by atoms with Crippen molar-refractivity contribution in [3.8, 4) is 0 Å². The van der Waals surface area contributed by atoms with E-state index in [2.05, 4.69) is 15.9 Å². The molecule has 13 heavy (non-hydrogen) atoms. The average molecular weight is 267 g/mol. The van der Waals surface area contributed by atoms with Gasteiger partial charge in [-0.1, -0.05) is 27.5 Å². The Morgan fingerprint density at radius 2 is 2.23 bits per heavy atom. The molecule has 0 unspecified atom stereocenters. The molecule has 70 valence electrons. The predicted molar refractivity (Wildman–Crippen MR) is 51.0 cm³/mol. The minimum atomic E-state index is -1.30. The molecule has 0 saturated heterocycles. The fraction of sp³-hybridized carbons (Fsp3) is 0.125. The topological polar surface area (TPSA) is 37.3 Å². The lowest BCUT2D eigenvalue weighted by Crippen LogP contribution is -2.01. The Labute approximate surface area is 87.5 Å². The van der Waals surface area contributed by atoms with E-state index in [0.717, 1.165) is 6.07 Å². The van der Waals surface area contributed by atoms with Crippen LogP contribution in [0.2, 0.25) is 5.02 Å². The highest BCUT2D eigenvalue weighted by molar-refractivity contribution is 9.08. The van der Waals surface area contributed by atoms with Gasteiger partial charge in [-0.3, -0.25) is 0 Å². The van der Waals surface area contributed by atoms with E-state index in [-0.39, 0.29) is 10.6 Å². The van der Waals surface area contributed by atoms with Crippen molar-refractivity contribution in [1.29, 1.82) is 0 Å². The molecule has 0 aliphatic rings. The Morgan fingerprint density at radius 1 is 1.62 bits per heavy atom. The zero-order chi connectivity index (χ0) is 10.0. The van der Waals surface area contributed by atoms with Crippen molar-refractivity contribution in [3.05, 3.63) is 34.1 Å². The molecular weight excluding hydrogens is 262 g/mol. The first kappa shape index (κ1) is 10.5. The number of rotatable bonds is 2. The van der Waals surface area contributed by atoms with Crippen molar-refractivity contribution in [3.63, 3.8) is 0 Å². The van der Waals surface area contributed by atoms with Crippen molar-refractivity contribution in [1.82, 2.24) is 0 Å². The summed E-state index contributed by atoms with van der Waals surface area (Å²) in [5.41, 5.74) is 0.194. The Morgan fingerprint density at radius 3 is 2.69 bits per heavy atom. The van der Waals surface area contributed by atoms with Gasteiger partial charge in [0.2, 0.25) is 0 Å². The molecule has 1 aromatic carbocycles. The molecule has 0 bridgehead atoms. The van der Waals surface area contributed by atoms with E-state index in [0.29, 0.717) is 10.9 Å². The number of carbonyl (C=O) groups is 1. The summed E-state index contributed by atoms with van der Waals surface area (Å²) in [6.45, 7) is 0. The minimum Gasteiger partial charge on any atom is -0.478 e. The molecule has 0 heterocycles. The highest BCUT2D eigenvalue weighted by Gasteiger charge is 2.13. The van der Waals surface area contributed by atoms with Crippen LogP contribution in [0.4, 0.5) is 4.39 Å². The molecule has 2 nitrogen and oxygen atoms in total. The number of halogens is 3. The third-order valence-electron chi connectivity index (χ3n) is 1.51. The van der Waals surface area contributed by atoms with Crippen LogP contribution in [-0.4, -0.2) is 11.1 Å². The Bertz CT molecular complexity index is 354. The Hall–Kier alpha value is -0.610. The molecule has 1 N–H and O–H groups in total. The van der Waals surface area contributed by atoms with Crippen LogP contribution in [0.1, 0.15) is 15.9 Å². The fourth-order valence-corrected chi connectivity index (χ4v) is 1.70. The van der Waals surface area contributed by atoms with Gasteiger partial charge in [-0.25, -0.2) is 9.18 Å². The van der Waals surface area contributed by atoms with E-state index in [1.54, 1.807) is 0 Å². The monoisotopic (exact) mass is 266 g/mol. The maximum atomic E-state index is 12.9. The third-order valence-corrected chi connectivity index (χ3v) is 2.47. The number of carboxylic acid groups (broad SMARTS) is 1. The van der Waals surface area contributed by atoms with Gasteiger partial charge < -0.3 is 5.11 Å². The molecule has 1 rings (SSSR count). The molecule has 5 heteroatoms. The molecule has 0 spiro atoms. The number of hydrogen-bond acceptors (Lipinski definition) is 1. The van der Waals surface area contributed by atoms with Crippen LogP contribution in [-0.2, 0) is 5.33 Å². The van der Waals surface area contributed by atoms with E-state index >= 15 is 0 Å². The van der Waals surface area contributed by atoms with Gasteiger partial charge in [0.15, 0.2) is 0 Å². The number of carboxylic acids is 1. The summed E-state index contributed by atoms with van der Waals surface area (Å²) in [7, 11) is 0. The predicted octanol–water partition coefficient (Wildman–Crippen LogP) is 3.07. The van der Waals surface area contributed by atoms with Crippen LogP contribution in [0.5, 0.6) is 0 Å². The van der Waals surface area contributed by atoms with Crippen molar-refractivity contribution in [2.75, 3.05) is 0 Å². The van der Waals surface area contributed by atoms with Crippen molar-refractivity contribution in [2.45, 2.75) is 5.33 Å². The van der Waals surface area contributed by atoms with E-state index in [1.165, 1.54) is 6.07 Å². The van der Waals surface area contributed by atoms with Crippen LogP contribution in [0.25, 0.3) is 0 Å². The van der Waals surface area contributed by atoms with E-state index < -0.39 is 11.8 Å². The number of benzene rings is 1. The first-order valence-electron chi connectivity index (χ1n) is 3.33. The highest BCUT2D eigenvalue weighted by atomic mass is 79.9. The normalized spacial score (nSPS) is 10.1. The van der Waals surface area contributed by atoms with Crippen molar-refractivity contribution in [2.24, 2.45) is 0 Å².